The molecule has 0 aromatic carbocycles. The van der Waals surface area contributed by atoms with Gasteiger partial charge in [-0.25, -0.2) is 0 Å². The van der Waals surface area contributed by atoms with Gasteiger partial charge in [0.2, 0.25) is 11.8 Å². The molecule has 0 aromatic heterocycles. The first kappa shape index (κ1) is 10.1. The van der Waals surface area contributed by atoms with E-state index in [4.69, 9.17) is 11.6 Å². The molecule has 2 unspecified atom stereocenters. The molecule has 2 amide bonds. The van der Waals surface area contributed by atoms with E-state index < -0.39 is 4.75 Å². The Labute approximate surface area is 91.3 Å². The highest BCUT2D eigenvalue weighted by Gasteiger charge is 2.55. The van der Waals surface area contributed by atoms with Crippen LogP contribution in [0.5, 0.6) is 0 Å². The van der Waals surface area contributed by atoms with Gasteiger partial charge < -0.3 is 0 Å². The second-order valence-electron chi connectivity index (χ2n) is 3.43. The number of hydrogen-bond acceptors (Lipinski definition) is 3. The van der Waals surface area contributed by atoms with Crippen LogP contribution in [0, 0.1) is 5.92 Å². The Kier molecular flexibility index (Phi) is 2.58. The molecule has 76 valence electrons. The highest BCUT2D eigenvalue weighted by molar-refractivity contribution is 8.02. The van der Waals surface area contributed by atoms with Crippen LogP contribution in [0.4, 0.5) is 0 Å². The molecule has 5 heteroatoms. The molecule has 0 spiro atoms. The van der Waals surface area contributed by atoms with E-state index in [-0.39, 0.29) is 17.7 Å². The number of carbonyl (C=O) groups excluding carboxylic acids is 2. The molecule has 0 radical (unpaired) electrons. The van der Waals surface area contributed by atoms with Gasteiger partial charge in [-0.1, -0.05) is 12.2 Å². The monoisotopic (exact) mass is 231 g/mol. The first-order chi connectivity index (χ1) is 6.70. The van der Waals surface area contributed by atoms with E-state index >= 15 is 0 Å². The van der Waals surface area contributed by atoms with Crippen molar-refractivity contribution in [2.24, 2.45) is 5.92 Å². The minimum absolute atomic E-state index is 0.156. The van der Waals surface area contributed by atoms with Gasteiger partial charge in [0.05, 0.1) is 11.1 Å². The van der Waals surface area contributed by atoms with Gasteiger partial charge in [-0.3, -0.25) is 14.9 Å². The Hall–Kier alpha value is -0.480. The molecule has 1 saturated heterocycles. The number of nitrogens with one attached hydrogen (secondary N) is 1. The van der Waals surface area contributed by atoms with Crippen LogP contribution in [-0.2, 0) is 9.59 Å². The molecule has 0 bridgehead atoms. The van der Waals surface area contributed by atoms with E-state index in [1.54, 1.807) is 0 Å². The van der Waals surface area contributed by atoms with Crippen molar-refractivity contribution in [3.63, 3.8) is 0 Å². The zero-order valence-electron chi connectivity index (χ0n) is 7.46. The topological polar surface area (TPSA) is 46.2 Å². The lowest BCUT2D eigenvalue weighted by molar-refractivity contribution is -0.125. The number of amides is 2. The fourth-order valence-electron chi connectivity index (χ4n) is 2.02. The second kappa shape index (κ2) is 3.59. The van der Waals surface area contributed by atoms with E-state index in [1.807, 2.05) is 12.2 Å². The zero-order valence-corrected chi connectivity index (χ0v) is 9.03. The SMILES string of the molecule is O=C1NC(=O)C2(SCCl)CC=CCC12. The van der Waals surface area contributed by atoms with Crippen LogP contribution < -0.4 is 5.32 Å². The lowest BCUT2D eigenvalue weighted by Crippen LogP contribution is -2.40. The lowest BCUT2D eigenvalue weighted by Gasteiger charge is -2.30. The third-order valence-electron chi connectivity index (χ3n) is 2.77. The van der Waals surface area contributed by atoms with Crippen molar-refractivity contribution in [2.75, 3.05) is 5.21 Å². The number of imide groups is 1. The maximum atomic E-state index is 11.7. The average Bonchev–Trinajstić information content (AvgIpc) is 2.41. The van der Waals surface area contributed by atoms with Crippen LogP contribution in [0.15, 0.2) is 12.2 Å². The van der Waals surface area contributed by atoms with Gasteiger partial charge in [0.1, 0.15) is 4.75 Å². The Morgan fingerprint density at radius 1 is 1.57 bits per heavy atom. The van der Waals surface area contributed by atoms with Crippen molar-refractivity contribution >= 4 is 35.2 Å². The maximum Gasteiger partial charge on any atom is 0.243 e. The van der Waals surface area contributed by atoms with Crippen molar-refractivity contribution in [1.82, 2.24) is 5.32 Å². The molecule has 2 atom stereocenters. The average molecular weight is 232 g/mol. The number of carbonyl (C=O) groups is 2. The number of rotatable bonds is 2. The summed E-state index contributed by atoms with van der Waals surface area (Å²) >= 11 is 7.02. The lowest BCUT2D eigenvalue weighted by atomic mass is 9.84. The van der Waals surface area contributed by atoms with Gasteiger partial charge in [-0.15, -0.1) is 23.4 Å². The van der Waals surface area contributed by atoms with E-state index in [0.717, 1.165) is 0 Å². The van der Waals surface area contributed by atoms with Crippen molar-refractivity contribution in [3.8, 4) is 0 Å². The fraction of sp³-hybridized carbons (Fsp3) is 0.556. The summed E-state index contributed by atoms with van der Waals surface area (Å²) in [4.78, 5) is 23.2. The second-order valence-corrected chi connectivity index (χ2v) is 5.32. The van der Waals surface area contributed by atoms with E-state index in [1.165, 1.54) is 11.8 Å². The molecule has 14 heavy (non-hydrogen) atoms. The van der Waals surface area contributed by atoms with Gasteiger partial charge >= 0.3 is 0 Å². The van der Waals surface area contributed by atoms with E-state index in [2.05, 4.69) is 5.32 Å². The summed E-state index contributed by atoms with van der Waals surface area (Å²) in [5, 5.41) is 2.73. The highest BCUT2D eigenvalue weighted by atomic mass is 35.5. The third kappa shape index (κ3) is 1.28. The predicted octanol–water partition coefficient (Wildman–Crippen LogP) is 1.28. The summed E-state index contributed by atoms with van der Waals surface area (Å²) in [6.45, 7) is 0. The molecule has 2 aliphatic rings. The van der Waals surface area contributed by atoms with Gasteiger partial charge in [0.25, 0.3) is 0 Å². The Balaban J connectivity index is 2.36. The van der Waals surface area contributed by atoms with Gasteiger partial charge in [-0.2, -0.15) is 0 Å². The normalized spacial score (nSPS) is 35.6. The number of alkyl halides is 1. The summed E-state index contributed by atoms with van der Waals surface area (Å²) in [5.74, 6) is -0.566. The van der Waals surface area contributed by atoms with Crippen LogP contribution in [0.25, 0.3) is 0 Å². The summed E-state index contributed by atoms with van der Waals surface area (Å²) in [7, 11) is 0. The molecule has 1 N–H and O–H groups in total. The van der Waals surface area contributed by atoms with Crippen LogP contribution in [0.2, 0.25) is 0 Å². The third-order valence-corrected chi connectivity index (χ3v) is 4.36. The fourth-order valence-corrected chi connectivity index (χ4v) is 3.60. The summed E-state index contributed by atoms with van der Waals surface area (Å²) in [5.41, 5.74) is 0. The number of thioether (sulfide) groups is 1. The minimum atomic E-state index is -0.631. The number of allylic oxidation sites excluding steroid dienone is 2. The molecule has 1 aliphatic heterocycles. The van der Waals surface area contributed by atoms with Crippen molar-refractivity contribution in [3.05, 3.63) is 12.2 Å². The molecule has 3 nitrogen and oxygen atoms in total. The molecular formula is C9H10ClNO2S. The Morgan fingerprint density at radius 2 is 2.36 bits per heavy atom. The predicted molar refractivity (Wildman–Crippen MR) is 56.1 cm³/mol. The quantitative estimate of drug-likeness (QED) is 0.442. The number of fused-ring (bicyclic) bond motifs is 1. The largest absolute Gasteiger partial charge is 0.295 e. The minimum Gasteiger partial charge on any atom is -0.295 e. The van der Waals surface area contributed by atoms with E-state index in [0.29, 0.717) is 18.1 Å². The summed E-state index contributed by atoms with van der Waals surface area (Å²) < 4.78 is -0.631. The van der Waals surface area contributed by atoms with Crippen LogP contribution >= 0.6 is 23.4 Å². The molecule has 2 rings (SSSR count). The van der Waals surface area contributed by atoms with Crippen LogP contribution in [0.3, 0.4) is 0 Å². The molecule has 0 aromatic rings. The van der Waals surface area contributed by atoms with Crippen molar-refractivity contribution in [2.45, 2.75) is 17.6 Å². The smallest absolute Gasteiger partial charge is 0.243 e. The summed E-state index contributed by atoms with van der Waals surface area (Å²) in [6.07, 6.45) is 5.15. The van der Waals surface area contributed by atoms with Crippen LogP contribution in [-0.4, -0.2) is 21.8 Å². The first-order valence-electron chi connectivity index (χ1n) is 4.41. The Bertz CT molecular complexity index is 318. The highest BCUT2D eigenvalue weighted by Crippen LogP contribution is 2.45. The number of hydrogen-bond donors (Lipinski definition) is 1. The number of halogens is 1. The Morgan fingerprint density at radius 3 is 3.07 bits per heavy atom. The van der Waals surface area contributed by atoms with Gasteiger partial charge in [0, 0.05) is 0 Å². The summed E-state index contributed by atoms with van der Waals surface area (Å²) in [6, 6.07) is 0. The van der Waals surface area contributed by atoms with Crippen LogP contribution in [0.1, 0.15) is 12.8 Å². The van der Waals surface area contributed by atoms with Gasteiger partial charge in [0.15, 0.2) is 0 Å². The van der Waals surface area contributed by atoms with Gasteiger partial charge in [-0.05, 0) is 12.8 Å². The molecular weight excluding hydrogens is 222 g/mol. The molecule has 0 saturated carbocycles. The first-order valence-corrected chi connectivity index (χ1v) is 5.93. The zero-order chi connectivity index (χ0) is 10.2. The molecule has 1 aliphatic carbocycles. The standard InChI is InChI=1S/C9H10ClNO2S/c10-5-14-9-4-2-1-3-6(9)7(12)11-8(9)13/h1-2,6H,3-5H2,(H,11,12,13). The molecule has 1 heterocycles. The van der Waals surface area contributed by atoms with E-state index in [9.17, 15) is 9.59 Å². The molecule has 1 fully saturated rings. The maximum absolute atomic E-state index is 11.7. The van der Waals surface area contributed by atoms with Crippen molar-refractivity contribution < 1.29 is 9.59 Å². The van der Waals surface area contributed by atoms with Crippen molar-refractivity contribution in [1.29, 1.82) is 0 Å².